The first-order chi connectivity index (χ1) is 6.35. The third-order valence-corrected chi connectivity index (χ3v) is 4.43. The van der Waals surface area contributed by atoms with Crippen molar-refractivity contribution in [2.24, 2.45) is 0 Å². The minimum Gasteiger partial charge on any atom is -0.480 e. The number of aliphatic carboxylic acids is 1. The molecular weight excluding hydrogens is 210 g/mol. The molecule has 1 saturated heterocycles. The fourth-order valence-corrected chi connectivity index (χ4v) is 2.73. The maximum Gasteiger partial charge on any atom is 0.323 e. The zero-order valence-corrected chi connectivity index (χ0v) is 8.57. The number of sulfonamides is 1. The summed E-state index contributed by atoms with van der Waals surface area (Å²) in [6, 6.07) is 0. The van der Waals surface area contributed by atoms with Crippen molar-refractivity contribution in [1.82, 2.24) is 4.31 Å². The Morgan fingerprint density at radius 1 is 1.57 bits per heavy atom. The standard InChI is InChI=1S/C7H13NO5S/c1-5(7(10)11)14(12,13)8-3-2-6(9)4-8/h5-6,9H,2-4H2,1H3,(H,10,11)/t5?,6-/m0/s1. The minimum atomic E-state index is -3.80. The van der Waals surface area contributed by atoms with Crippen LogP contribution in [0, 0.1) is 0 Å². The number of carbonyl (C=O) groups is 1. The van der Waals surface area contributed by atoms with Crippen LogP contribution in [0.3, 0.4) is 0 Å². The summed E-state index contributed by atoms with van der Waals surface area (Å²) in [5.41, 5.74) is 0. The summed E-state index contributed by atoms with van der Waals surface area (Å²) < 4.78 is 24.1. The van der Waals surface area contributed by atoms with Crippen LogP contribution in [0.25, 0.3) is 0 Å². The third-order valence-electron chi connectivity index (χ3n) is 2.28. The molecule has 0 amide bonds. The van der Waals surface area contributed by atoms with E-state index < -0.39 is 27.3 Å². The van der Waals surface area contributed by atoms with Gasteiger partial charge in [0, 0.05) is 13.1 Å². The Morgan fingerprint density at radius 3 is 2.50 bits per heavy atom. The number of hydrogen-bond acceptors (Lipinski definition) is 4. The van der Waals surface area contributed by atoms with Gasteiger partial charge < -0.3 is 10.2 Å². The highest BCUT2D eigenvalue weighted by Gasteiger charge is 2.37. The molecule has 0 aromatic heterocycles. The average Bonchev–Trinajstić information content (AvgIpc) is 2.50. The second kappa shape index (κ2) is 3.84. The highest BCUT2D eigenvalue weighted by atomic mass is 32.2. The van der Waals surface area contributed by atoms with Crippen LogP contribution < -0.4 is 0 Å². The lowest BCUT2D eigenvalue weighted by atomic mass is 10.3. The summed E-state index contributed by atoms with van der Waals surface area (Å²) in [7, 11) is -3.80. The Bertz CT molecular complexity index is 325. The van der Waals surface area contributed by atoms with Crippen LogP contribution in [-0.4, -0.2) is 53.3 Å². The second-order valence-electron chi connectivity index (χ2n) is 3.33. The highest BCUT2D eigenvalue weighted by Crippen LogP contribution is 2.17. The van der Waals surface area contributed by atoms with Gasteiger partial charge in [-0.3, -0.25) is 4.79 Å². The molecular formula is C7H13NO5S. The van der Waals surface area contributed by atoms with Crippen molar-refractivity contribution in [3.8, 4) is 0 Å². The van der Waals surface area contributed by atoms with Crippen molar-refractivity contribution in [3.05, 3.63) is 0 Å². The van der Waals surface area contributed by atoms with Crippen molar-refractivity contribution in [2.75, 3.05) is 13.1 Å². The Balaban J connectivity index is 2.81. The molecule has 0 spiro atoms. The topological polar surface area (TPSA) is 94.9 Å². The SMILES string of the molecule is CC(C(=O)O)S(=O)(=O)N1CC[C@H](O)C1. The molecule has 1 aliphatic rings. The molecule has 0 aromatic carbocycles. The number of hydrogen-bond donors (Lipinski definition) is 2. The van der Waals surface area contributed by atoms with E-state index in [1.807, 2.05) is 0 Å². The Morgan fingerprint density at radius 2 is 2.14 bits per heavy atom. The predicted molar refractivity (Wildman–Crippen MR) is 48.2 cm³/mol. The number of aliphatic hydroxyl groups excluding tert-OH is 1. The largest absolute Gasteiger partial charge is 0.480 e. The molecule has 82 valence electrons. The van der Waals surface area contributed by atoms with Crippen LogP contribution in [0.2, 0.25) is 0 Å². The highest BCUT2D eigenvalue weighted by molar-refractivity contribution is 7.90. The first kappa shape index (κ1) is 11.4. The van der Waals surface area contributed by atoms with E-state index in [0.29, 0.717) is 6.42 Å². The molecule has 0 bridgehead atoms. The van der Waals surface area contributed by atoms with Gasteiger partial charge in [-0.1, -0.05) is 0 Å². The number of rotatable bonds is 3. The van der Waals surface area contributed by atoms with E-state index in [0.717, 1.165) is 11.2 Å². The van der Waals surface area contributed by atoms with E-state index in [1.54, 1.807) is 0 Å². The summed E-state index contributed by atoms with van der Waals surface area (Å²) in [4.78, 5) is 10.5. The van der Waals surface area contributed by atoms with Crippen LogP contribution in [0.5, 0.6) is 0 Å². The third kappa shape index (κ3) is 2.05. The fraction of sp³-hybridized carbons (Fsp3) is 0.857. The average molecular weight is 223 g/mol. The van der Waals surface area contributed by atoms with E-state index in [9.17, 15) is 13.2 Å². The molecule has 0 aliphatic carbocycles. The Labute approximate surface area is 82.2 Å². The van der Waals surface area contributed by atoms with Crippen LogP contribution in [-0.2, 0) is 14.8 Å². The molecule has 2 atom stereocenters. The maximum atomic E-state index is 11.6. The first-order valence-corrected chi connectivity index (χ1v) is 5.76. The number of nitrogens with zero attached hydrogens (tertiary/aromatic N) is 1. The van der Waals surface area contributed by atoms with Gasteiger partial charge in [0.15, 0.2) is 5.25 Å². The number of carboxylic acids is 1. The maximum absolute atomic E-state index is 11.6. The normalized spacial score (nSPS) is 26.3. The van der Waals surface area contributed by atoms with Gasteiger partial charge in [0.05, 0.1) is 6.10 Å². The summed E-state index contributed by atoms with van der Waals surface area (Å²) >= 11 is 0. The van der Waals surface area contributed by atoms with E-state index in [-0.39, 0.29) is 13.1 Å². The molecule has 14 heavy (non-hydrogen) atoms. The van der Waals surface area contributed by atoms with E-state index in [1.165, 1.54) is 0 Å². The molecule has 1 rings (SSSR count). The van der Waals surface area contributed by atoms with Crippen molar-refractivity contribution in [1.29, 1.82) is 0 Å². The quantitative estimate of drug-likeness (QED) is 0.630. The van der Waals surface area contributed by atoms with Gasteiger partial charge in [0.2, 0.25) is 10.0 Å². The molecule has 0 saturated carbocycles. The lowest BCUT2D eigenvalue weighted by Gasteiger charge is -2.18. The van der Waals surface area contributed by atoms with Gasteiger partial charge in [-0.05, 0) is 13.3 Å². The number of β-amino-alcohol motifs (C(OH)–C–C–N with tert-alkyl or cyclic N) is 1. The molecule has 7 heteroatoms. The lowest BCUT2D eigenvalue weighted by Crippen LogP contribution is -2.40. The molecule has 1 fully saturated rings. The van der Waals surface area contributed by atoms with Gasteiger partial charge in [0.1, 0.15) is 0 Å². The van der Waals surface area contributed by atoms with E-state index in [2.05, 4.69) is 0 Å². The lowest BCUT2D eigenvalue weighted by molar-refractivity contribution is -0.136. The van der Waals surface area contributed by atoms with Crippen LogP contribution in [0.15, 0.2) is 0 Å². The Hall–Kier alpha value is -0.660. The van der Waals surface area contributed by atoms with Crippen molar-refractivity contribution in [3.63, 3.8) is 0 Å². The van der Waals surface area contributed by atoms with Crippen molar-refractivity contribution < 1.29 is 23.4 Å². The minimum absolute atomic E-state index is 0.0000463. The van der Waals surface area contributed by atoms with Gasteiger partial charge in [-0.2, -0.15) is 4.31 Å². The number of carboxylic acid groups (broad SMARTS) is 1. The first-order valence-electron chi connectivity index (χ1n) is 4.25. The monoisotopic (exact) mass is 223 g/mol. The van der Waals surface area contributed by atoms with Gasteiger partial charge in [0.25, 0.3) is 0 Å². The zero-order valence-electron chi connectivity index (χ0n) is 7.75. The molecule has 6 nitrogen and oxygen atoms in total. The van der Waals surface area contributed by atoms with Gasteiger partial charge in [-0.15, -0.1) is 0 Å². The smallest absolute Gasteiger partial charge is 0.323 e. The molecule has 1 unspecified atom stereocenters. The molecule has 1 heterocycles. The van der Waals surface area contributed by atoms with Gasteiger partial charge in [-0.25, -0.2) is 8.42 Å². The van der Waals surface area contributed by atoms with Crippen LogP contribution in [0.1, 0.15) is 13.3 Å². The van der Waals surface area contributed by atoms with Crippen LogP contribution in [0.4, 0.5) is 0 Å². The summed E-state index contributed by atoms with van der Waals surface area (Å²) in [6.07, 6.45) is -0.309. The molecule has 0 aromatic rings. The molecule has 2 N–H and O–H groups in total. The molecule has 1 aliphatic heterocycles. The number of aliphatic hydroxyl groups is 1. The summed E-state index contributed by atoms with van der Waals surface area (Å²) in [6.45, 7) is 1.32. The summed E-state index contributed by atoms with van der Waals surface area (Å²) in [5, 5.41) is 16.3. The zero-order chi connectivity index (χ0) is 10.9. The predicted octanol–water partition coefficient (Wildman–Crippen LogP) is -1.14. The second-order valence-corrected chi connectivity index (χ2v) is 5.58. The fourth-order valence-electron chi connectivity index (χ4n) is 1.29. The molecule has 0 radical (unpaired) electrons. The summed E-state index contributed by atoms with van der Waals surface area (Å²) in [5.74, 6) is -1.37. The van der Waals surface area contributed by atoms with E-state index in [4.69, 9.17) is 10.2 Å². The Kier molecular flexibility index (Phi) is 3.13. The van der Waals surface area contributed by atoms with Crippen LogP contribution >= 0.6 is 0 Å². The van der Waals surface area contributed by atoms with Gasteiger partial charge >= 0.3 is 5.97 Å². The van der Waals surface area contributed by atoms with E-state index >= 15 is 0 Å². The van der Waals surface area contributed by atoms with Crippen molar-refractivity contribution in [2.45, 2.75) is 24.7 Å². The van der Waals surface area contributed by atoms with Crippen molar-refractivity contribution >= 4 is 16.0 Å².